The van der Waals surface area contributed by atoms with E-state index in [1.807, 2.05) is 41.3 Å². The molecule has 2 aromatic rings. The van der Waals surface area contributed by atoms with Crippen molar-refractivity contribution in [3.8, 4) is 17.2 Å². The molecule has 3 heterocycles. The van der Waals surface area contributed by atoms with Gasteiger partial charge in [-0.3, -0.25) is 9.69 Å². The Kier molecular flexibility index (Phi) is 5.95. The number of nitrogens with zero attached hydrogens (tertiary/aromatic N) is 2. The molecule has 7 heteroatoms. The highest BCUT2D eigenvalue weighted by Crippen LogP contribution is 2.33. The zero-order valence-electron chi connectivity index (χ0n) is 17.6. The molecule has 0 bridgehead atoms. The number of rotatable bonds is 6. The normalized spacial score (nSPS) is 20.8. The first kappa shape index (κ1) is 20.2. The number of carbonyl (C=O) groups is 1. The van der Waals surface area contributed by atoms with E-state index in [0.717, 1.165) is 56.3 Å². The van der Waals surface area contributed by atoms with Crippen molar-refractivity contribution >= 4 is 5.91 Å². The van der Waals surface area contributed by atoms with Crippen LogP contribution in [-0.4, -0.2) is 68.0 Å². The van der Waals surface area contributed by atoms with Crippen molar-refractivity contribution in [2.24, 2.45) is 0 Å². The summed E-state index contributed by atoms with van der Waals surface area (Å²) in [5, 5.41) is 0. The van der Waals surface area contributed by atoms with E-state index in [4.69, 9.17) is 18.9 Å². The third kappa shape index (κ3) is 4.78. The van der Waals surface area contributed by atoms with Crippen molar-refractivity contribution in [3.05, 3.63) is 53.6 Å². The summed E-state index contributed by atoms with van der Waals surface area (Å²) in [4.78, 5) is 17.3. The number of fused-ring (bicyclic) bond motifs is 1. The van der Waals surface area contributed by atoms with E-state index in [1.54, 1.807) is 0 Å². The molecule has 0 aliphatic carbocycles. The Bertz CT molecular complexity index is 920. The van der Waals surface area contributed by atoms with Gasteiger partial charge in [0.15, 0.2) is 11.5 Å². The van der Waals surface area contributed by atoms with Crippen LogP contribution in [0, 0.1) is 0 Å². The molecule has 0 saturated carbocycles. The van der Waals surface area contributed by atoms with E-state index in [1.165, 1.54) is 5.56 Å². The van der Waals surface area contributed by atoms with E-state index < -0.39 is 0 Å². The molecule has 0 radical (unpaired) electrons. The number of ether oxygens (including phenoxy) is 4. The maximum Gasteiger partial charge on any atom is 0.254 e. The number of benzene rings is 2. The van der Waals surface area contributed by atoms with E-state index in [2.05, 4.69) is 11.0 Å². The molecule has 0 aromatic heterocycles. The van der Waals surface area contributed by atoms with Crippen LogP contribution < -0.4 is 14.2 Å². The van der Waals surface area contributed by atoms with Gasteiger partial charge in [-0.25, -0.2) is 0 Å². The maximum absolute atomic E-state index is 13.0. The van der Waals surface area contributed by atoms with Crippen LogP contribution in [0.15, 0.2) is 42.5 Å². The van der Waals surface area contributed by atoms with Crippen LogP contribution in [0.4, 0.5) is 0 Å². The molecular formula is C24H28N2O5. The van der Waals surface area contributed by atoms with Gasteiger partial charge in [0.05, 0.1) is 6.10 Å². The third-order valence-corrected chi connectivity index (χ3v) is 6.04. The molecule has 1 unspecified atom stereocenters. The third-order valence-electron chi connectivity index (χ3n) is 6.04. The second-order valence-electron chi connectivity index (χ2n) is 8.23. The zero-order valence-corrected chi connectivity index (χ0v) is 17.6. The standard InChI is InChI=1S/C24H28N2O5/c27-24(19-3-1-4-20(14-19)29-16-21-5-2-12-28-21)26-10-8-25(9-11-26)15-18-6-7-22-23(13-18)31-17-30-22/h1,3-4,6-7,13-14,21H,2,5,8-12,15-17H2. The lowest BCUT2D eigenvalue weighted by Crippen LogP contribution is -2.48. The van der Waals surface area contributed by atoms with Gasteiger partial charge >= 0.3 is 0 Å². The van der Waals surface area contributed by atoms with Crippen LogP contribution >= 0.6 is 0 Å². The monoisotopic (exact) mass is 424 g/mol. The molecule has 3 aliphatic heterocycles. The van der Waals surface area contributed by atoms with Crippen molar-refractivity contribution in [1.82, 2.24) is 9.80 Å². The Morgan fingerprint density at radius 1 is 1.03 bits per heavy atom. The summed E-state index contributed by atoms with van der Waals surface area (Å²) in [7, 11) is 0. The number of piperazine rings is 1. The fourth-order valence-electron chi connectivity index (χ4n) is 4.27. The van der Waals surface area contributed by atoms with Gasteiger partial charge < -0.3 is 23.8 Å². The first-order valence-corrected chi connectivity index (χ1v) is 11.0. The van der Waals surface area contributed by atoms with Crippen molar-refractivity contribution in [2.75, 3.05) is 46.2 Å². The second kappa shape index (κ2) is 9.16. The quantitative estimate of drug-likeness (QED) is 0.711. The minimum Gasteiger partial charge on any atom is -0.491 e. The Balaban J connectivity index is 1.13. The molecule has 0 spiro atoms. The van der Waals surface area contributed by atoms with Gasteiger partial charge in [-0.15, -0.1) is 0 Å². The van der Waals surface area contributed by atoms with Gasteiger partial charge in [0.1, 0.15) is 12.4 Å². The molecule has 5 rings (SSSR count). The van der Waals surface area contributed by atoms with Crippen molar-refractivity contribution < 1.29 is 23.7 Å². The fourth-order valence-corrected chi connectivity index (χ4v) is 4.27. The molecule has 1 atom stereocenters. The number of hydrogen-bond acceptors (Lipinski definition) is 6. The minimum atomic E-state index is 0.0605. The van der Waals surface area contributed by atoms with Crippen LogP contribution in [0.3, 0.4) is 0 Å². The molecule has 2 fully saturated rings. The summed E-state index contributed by atoms with van der Waals surface area (Å²) < 4.78 is 22.3. The Morgan fingerprint density at radius 2 is 1.90 bits per heavy atom. The largest absolute Gasteiger partial charge is 0.491 e. The fraction of sp³-hybridized carbons (Fsp3) is 0.458. The molecule has 0 N–H and O–H groups in total. The van der Waals surface area contributed by atoms with Gasteiger partial charge in [0.25, 0.3) is 5.91 Å². The second-order valence-corrected chi connectivity index (χ2v) is 8.23. The van der Waals surface area contributed by atoms with E-state index in [9.17, 15) is 4.79 Å². The van der Waals surface area contributed by atoms with Crippen LogP contribution in [0.1, 0.15) is 28.8 Å². The molecular weight excluding hydrogens is 396 g/mol. The summed E-state index contributed by atoms with van der Waals surface area (Å²) in [6, 6.07) is 13.6. The number of hydrogen-bond donors (Lipinski definition) is 0. The predicted molar refractivity (Wildman–Crippen MR) is 115 cm³/mol. The highest BCUT2D eigenvalue weighted by Gasteiger charge is 2.23. The minimum absolute atomic E-state index is 0.0605. The van der Waals surface area contributed by atoms with Crippen molar-refractivity contribution in [2.45, 2.75) is 25.5 Å². The Morgan fingerprint density at radius 3 is 2.74 bits per heavy atom. The zero-order chi connectivity index (χ0) is 21.0. The SMILES string of the molecule is O=C(c1cccc(OCC2CCCO2)c1)N1CCN(Cc2ccc3c(c2)OCO3)CC1. The summed E-state index contributed by atoms with van der Waals surface area (Å²) in [6.45, 7) is 5.59. The lowest BCUT2D eigenvalue weighted by Gasteiger charge is -2.34. The molecule has 7 nitrogen and oxygen atoms in total. The van der Waals surface area contributed by atoms with E-state index in [0.29, 0.717) is 32.1 Å². The summed E-state index contributed by atoms with van der Waals surface area (Å²) in [5.74, 6) is 2.40. The first-order chi connectivity index (χ1) is 15.2. The number of amides is 1. The predicted octanol–water partition coefficient (Wildman–Crippen LogP) is 2.93. The lowest BCUT2D eigenvalue weighted by molar-refractivity contribution is 0.0625. The summed E-state index contributed by atoms with van der Waals surface area (Å²) >= 11 is 0. The van der Waals surface area contributed by atoms with Gasteiger partial charge in [0, 0.05) is 44.9 Å². The first-order valence-electron chi connectivity index (χ1n) is 11.0. The van der Waals surface area contributed by atoms with Crippen LogP contribution in [0.2, 0.25) is 0 Å². The molecule has 3 aliphatic rings. The maximum atomic E-state index is 13.0. The van der Waals surface area contributed by atoms with Crippen LogP contribution in [0.5, 0.6) is 17.2 Å². The van der Waals surface area contributed by atoms with Gasteiger partial charge in [-0.05, 0) is 48.7 Å². The molecule has 2 saturated heterocycles. The smallest absolute Gasteiger partial charge is 0.254 e. The molecule has 31 heavy (non-hydrogen) atoms. The molecule has 164 valence electrons. The van der Waals surface area contributed by atoms with E-state index >= 15 is 0 Å². The van der Waals surface area contributed by atoms with Crippen LogP contribution in [0.25, 0.3) is 0 Å². The van der Waals surface area contributed by atoms with Gasteiger partial charge in [-0.2, -0.15) is 0 Å². The average Bonchev–Trinajstić information content (AvgIpc) is 3.50. The van der Waals surface area contributed by atoms with Crippen molar-refractivity contribution in [1.29, 1.82) is 0 Å². The Hall–Kier alpha value is -2.77. The average molecular weight is 424 g/mol. The molecule has 1 amide bonds. The lowest BCUT2D eigenvalue weighted by atomic mass is 10.1. The van der Waals surface area contributed by atoms with E-state index in [-0.39, 0.29) is 12.0 Å². The summed E-state index contributed by atoms with van der Waals surface area (Å²) in [5.41, 5.74) is 1.87. The van der Waals surface area contributed by atoms with Crippen molar-refractivity contribution in [3.63, 3.8) is 0 Å². The highest BCUT2D eigenvalue weighted by molar-refractivity contribution is 5.94. The van der Waals surface area contributed by atoms with Crippen LogP contribution in [-0.2, 0) is 11.3 Å². The van der Waals surface area contributed by atoms with Gasteiger partial charge in [0.2, 0.25) is 6.79 Å². The molecule has 2 aromatic carbocycles. The number of carbonyl (C=O) groups excluding carboxylic acids is 1. The topological polar surface area (TPSA) is 60.5 Å². The highest BCUT2D eigenvalue weighted by atomic mass is 16.7. The Labute approximate surface area is 182 Å². The van der Waals surface area contributed by atoms with Gasteiger partial charge in [-0.1, -0.05) is 12.1 Å². The summed E-state index contributed by atoms with van der Waals surface area (Å²) in [6.07, 6.45) is 2.29.